The maximum atomic E-state index is 11.9. The van der Waals surface area contributed by atoms with Gasteiger partial charge in [0.25, 0.3) is 0 Å². The van der Waals surface area contributed by atoms with Gasteiger partial charge in [0.1, 0.15) is 30.3 Å². The molecule has 1 heterocycles. The fraction of sp³-hybridized carbons (Fsp3) is 0.545. The van der Waals surface area contributed by atoms with E-state index < -0.39 is 61.0 Å². The summed E-state index contributed by atoms with van der Waals surface area (Å²) in [5.74, 6) is -3.33. The summed E-state index contributed by atoms with van der Waals surface area (Å²) in [6, 6.07) is 1.30. The zero-order valence-electron chi connectivity index (χ0n) is 19.2. The van der Waals surface area contributed by atoms with E-state index in [0.717, 1.165) is 20.8 Å². The molecule has 0 amide bonds. The molecule has 0 aliphatic carbocycles. The van der Waals surface area contributed by atoms with Crippen LogP contribution in [0.1, 0.15) is 50.5 Å². The number of hydrogen-bond donors (Lipinski definition) is 2. The summed E-state index contributed by atoms with van der Waals surface area (Å²) in [4.78, 5) is 47.0. The van der Waals surface area contributed by atoms with Crippen molar-refractivity contribution < 1.29 is 53.1 Å². The number of aromatic hydroxyl groups is 2. The molecule has 182 valence electrons. The third-order valence-electron chi connectivity index (χ3n) is 5.04. The molecule has 1 aliphatic heterocycles. The van der Waals surface area contributed by atoms with Crippen LogP contribution in [0.2, 0.25) is 0 Å². The molecule has 2 rings (SSSR count). The predicted octanol–water partition coefficient (Wildman–Crippen LogP) is 1.51. The van der Waals surface area contributed by atoms with Crippen LogP contribution in [0.15, 0.2) is 6.07 Å². The molecule has 0 bridgehead atoms. The summed E-state index contributed by atoms with van der Waals surface area (Å²) in [5.41, 5.74) is 0.684. The Morgan fingerprint density at radius 1 is 0.848 bits per heavy atom. The lowest BCUT2D eigenvalue weighted by Crippen LogP contribution is -2.59. The molecule has 0 radical (unpaired) electrons. The van der Waals surface area contributed by atoms with Crippen LogP contribution in [0.5, 0.6) is 11.5 Å². The van der Waals surface area contributed by atoms with Crippen LogP contribution in [0, 0.1) is 13.8 Å². The number of phenols is 2. The van der Waals surface area contributed by atoms with Gasteiger partial charge in [-0.25, -0.2) is 0 Å². The van der Waals surface area contributed by atoms with Crippen molar-refractivity contribution in [1.82, 2.24) is 0 Å². The molecule has 1 aromatic carbocycles. The van der Waals surface area contributed by atoms with Crippen LogP contribution in [0.4, 0.5) is 0 Å². The van der Waals surface area contributed by atoms with Crippen molar-refractivity contribution in [2.75, 3.05) is 6.61 Å². The van der Waals surface area contributed by atoms with E-state index in [9.17, 15) is 29.4 Å². The zero-order chi connectivity index (χ0) is 25.0. The Morgan fingerprint density at radius 3 is 1.88 bits per heavy atom. The predicted molar refractivity (Wildman–Crippen MR) is 110 cm³/mol. The number of ether oxygens (including phenoxy) is 5. The van der Waals surface area contributed by atoms with Gasteiger partial charge in [0.15, 0.2) is 18.3 Å². The molecule has 0 saturated carbocycles. The second-order valence-corrected chi connectivity index (χ2v) is 7.72. The highest BCUT2D eigenvalue weighted by molar-refractivity contribution is 5.69. The molecule has 11 heteroatoms. The lowest BCUT2D eigenvalue weighted by molar-refractivity contribution is -0.254. The van der Waals surface area contributed by atoms with Gasteiger partial charge in [-0.3, -0.25) is 19.2 Å². The molecule has 11 nitrogen and oxygen atoms in total. The van der Waals surface area contributed by atoms with Gasteiger partial charge in [-0.15, -0.1) is 0 Å². The van der Waals surface area contributed by atoms with Crippen LogP contribution in [0.25, 0.3) is 0 Å². The first kappa shape index (κ1) is 25.9. The number of benzene rings is 1. The lowest BCUT2D eigenvalue weighted by atomic mass is 9.87. The second-order valence-electron chi connectivity index (χ2n) is 7.72. The molecule has 33 heavy (non-hydrogen) atoms. The highest BCUT2D eigenvalue weighted by Crippen LogP contribution is 2.44. The first-order valence-electron chi connectivity index (χ1n) is 10.2. The standard InChI is InChI=1S/C22H28O11/c1-9-7-15(27)17(10(2)18(9)28)20-22(32-14(6)26)21(31-13(5)25)19(30-12(4)24)16(33-20)8-29-11(3)23/h7,16,19-22,27-28H,8H2,1-6H3/t16-,19-,20+,21+,22+/m1/s1. The molecular formula is C22H28O11. The van der Waals surface area contributed by atoms with Gasteiger partial charge < -0.3 is 33.9 Å². The molecule has 0 aromatic heterocycles. The minimum Gasteiger partial charge on any atom is -0.508 e. The quantitative estimate of drug-likeness (QED) is 0.354. The van der Waals surface area contributed by atoms with Crippen LogP contribution >= 0.6 is 0 Å². The topological polar surface area (TPSA) is 155 Å². The Bertz CT molecular complexity index is 939. The third kappa shape index (κ3) is 6.13. The molecule has 1 aromatic rings. The summed E-state index contributed by atoms with van der Waals surface area (Å²) in [5, 5.41) is 21.1. The molecule has 5 atom stereocenters. The number of esters is 4. The molecule has 1 aliphatic rings. The number of phenolic OH excluding ortho intramolecular Hbond substituents is 2. The summed E-state index contributed by atoms with van der Waals surface area (Å²) >= 11 is 0. The monoisotopic (exact) mass is 468 g/mol. The largest absolute Gasteiger partial charge is 0.508 e. The molecular weight excluding hydrogens is 440 g/mol. The average Bonchev–Trinajstić information content (AvgIpc) is 2.68. The van der Waals surface area contributed by atoms with E-state index in [0.29, 0.717) is 5.56 Å². The number of rotatable bonds is 6. The van der Waals surface area contributed by atoms with Gasteiger partial charge in [0.2, 0.25) is 0 Å². The summed E-state index contributed by atoms with van der Waals surface area (Å²) in [7, 11) is 0. The van der Waals surface area contributed by atoms with E-state index in [4.69, 9.17) is 23.7 Å². The Kier molecular flexibility index (Phi) is 8.26. The van der Waals surface area contributed by atoms with Crippen molar-refractivity contribution in [3.63, 3.8) is 0 Å². The maximum Gasteiger partial charge on any atom is 0.303 e. The number of aryl methyl sites for hydroxylation is 1. The van der Waals surface area contributed by atoms with Gasteiger partial charge in [-0.05, 0) is 25.5 Å². The summed E-state index contributed by atoms with van der Waals surface area (Å²) < 4.78 is 27.2. The van der Waals surface area contributed by atoms with Gasteiger partial charge in [-0.2, -0.15) is 0 Å². The SMILES string of the molecule is CC(=O)OC[C@H]1O[C@@H](c2c(O)cc(C)c(O)c2C)[C@H](OC(C)=O)[C@@H](OC(C)=O)[C@@H]1OC(C)=O. The second kappa shape index (κ2) is 10.5. The smallest absolute Gasteiger partial charge is 0.303 e. The fourth-order valence-electron chi connectivity index (χ4n) is 3.79. The Balaban J connectivity index is 2.69. The number of carbonyl (C=O) groups excluding carboxylic acids is 4. The Morgan fingerprint density at radius 2 is 1.36 bits per heavy atom. The molecule has 1 saturated heterocycles. The molecule has 0 spiro atoms. The summed E-state index contributed by atoms with van der Waals surface area (Å²) in [6.07, 6.45) is -6.51. The van der Waals surface area contributed by atoms with Gasteiger partial charge in [0.05, 0.1) is 0 Å². The first-order valence-corrected chi connectivity index (χ1v) is 10.2. The molecule has 2 N–H and O–H groups in total. The molecule has 0 unspecified atom stereocenters. The van der Waals surface area contributed by atoms with Crippen LogP contribution in [0.3, 0.4) is 0 Å². The van der Waals surface area contributed by atoms with Gasteiger partial charge >= 0.3 is 23.9 Å². The minimum absolute atomic E-state index is 0.0654. The normalized spacial score (nSPS) is 24.5. The van der Waals surface area contributed by atoms with Crippen molar-refractivity contribution in [3.8, 4) is 11.5 Å². The number of hydrogen-bond acceptors (Lipinski definition) is 11. The zero-order valence-corrected chi connectivity index (χ0v) is 19.2. The molecule has 1 fully saturated rings. The van der Waals surface area contributed by atoms with Crippen LogP contribution in [-0.2, 0) is 42.9 Å². The van der Waals surface area contributed by atoms with E-state index in [1.54, 1.807) is 6.92 Å². The Labute approximate surface area is 190 Å². The van der Waals surface area contributed by atoms with Crippen molar-refractivity contribution in [3.05, 3.63) is 22.8 Å². The lowest BCUT2D eigenvalue weighted by Gasteiger charge is -2.45. The van der Waals surface area contributed by atoms with Crippen molar-refractivity contribution in [1.29, 1.82) is 0 Å². The van der Waals surface area contributed by atoms with Crippen molar-refractivity contribution in [2.45, 2.75) is 72.1 Å². The first-order chi connectivity index (χ1) is 15.3. The fourth-order valence-corrected chi connectivity index (χ4v) is 3.79. The maximum absolute atomic E-state index is 11.9. The van der Waals surface area contributed by atoms with Gasteiger partial charge in [0, 0.05) is 38.8 Å². The number of carbonyl (C=O) groups is 4. The third-order valence-corrected chi connectivity index (χ3v) is 5.04. The highest BCUT2D eigenvalue weighted by atomic mass is 16.7. The average molecular weight is 468 g/mol. The van der Waals surface area contributed by atoms with E-state index >= 15 is 0 Å². The van der Waals surface area contributed by atoms with Gasteiger partial charge in [-0.1, -0.05) is 0 Å². The summed E-state index contributed by atoms with van der Waals surface area (Å²) in [6.45, 7) is 7.22. The van der Waals surface area contributed by atoms with Crippen LogP contribution < -0.4 is 0 Å². The minimum atomic E-state index is -1.38. The van der Waals surface area contributed by atoms with E-state index in [2.05, 4.69) is 0 Å². The van der Waals surface area contributed by atoms with E-state index in [-0.39, 0.29) is 22.6 Å². The van der Waals surface area contributed by atoms with Crippen molar-refractivity contribution >= 4 is 23.9 Å². The van der Waals surface area contributed by atoms with E-state index in [1.165, 1.54) is 19.9 Å². The Hall–Kier alpha value is -3.34. The highest BCUT2D eigenvalue weighted by Gasteiger charge is 2.53. The van der Waals surface area contributed by atoms with E-state index in [1.807, 2.05) is 0 Å². The van der Waals surface area contributed by atoms with Crippen molar-refractivity contribution in [2.24, 2.45) is 0 Å². The van der Waals surface area contributed by atoms with Crippen LogP contribution in [-0.4, -0.2) is 65.1 Å².